The molecule has 0 aromatic carbocycles. The van der Waals surface area contributed by atoms with E-state index in [1.165, 1.54) is 0 Å². The van der Waals surface area contributed by atoms with E-state index in [1.807, 2.05) is 13.8 Å². The van der Waals surface area contributed by atoms with Crippen LogP contribution in [0.3, 0.4) is 0 Å². The summed E-state index contributed by atoms with van der Waals surface area (Å²) in [7, 11) is 0. The minimum atomic E-state index is -0.655. The molecular weight excluding hydrogens is 156 g/mol. The highest BCUT2D eigenvalue weighted by atomic mass is 16.7. The van der Waals surface area contributed by atoms with Crippen LogP contribution < -0.4 is 11.5 Å². The molecule has 0 aliphatic rings. The van der Waals surface area contributed by atoms with Crippen LogP contribution in [0.1, 0.15) is 20.3 Å². The van der Waals surface area contributed by atoms with Crippen LogP contribution in [0.5, 0.6) is 0 Å². The molecular formula is C8H20N2O2. The summed E-state index contributed by atoms with van der Waals surface area (Å²) in [6, 6.07) is 0. The third kappa shape index (κ3) is 3.49. The Morgan fingerprint density at radius 1 is 1.08 bits per heavy atom. The van der Waals surface area contributed by atoms with Gasteiger partial charge in [-0.3, -0.25) is 0 Å². The Labute approximate surface area is 74.2 Å². The number of nitrogens with two attached hydrogens (primary N) is 2. The Bertz CT molecular complexity index is 92.2. The molecule has 12 heavy (non-hydrogen) atoms. The van der Waals surface area contributed by atoms with E-state index in [4.69, 9.17) is 20.9 Å². The van der Waals surface area contributed by atoms with Crippen molar-refractivity contribution in [2.45, 2.75) is 26.1 Å². The van der Waals surface area contributed by atoms with Gasteiger partial charge < -0.3 is 20.9 Å². The molecule has 4 heteroatoms. The molecule has 0 fully saturated rings. The molecule has 0 saturated heterocycles. The van der Waals surface area contributed by atoms with E-state index in [9.17, 15) is 0 Å². The van der Waals surface area contributed by atoms with Gasteiger partial charge in [-0.25, -0.2) is 0 Å². The lowest BCUT2D eigenvalue weighted by Crippen LogP contribution is -2.45. The van der Waals surface area contributed by atoms with Crippen molar-refractivity contribution in [3.8, 4) is 0 Å². The van der Waals surface area contributed by atoms with Crippen molar-refractivity contribution < 1.29 is 9.47 Å². The predicted molar refractivity (Wildman–Crippen MR) is 48.7 cm³/mol. The van der Waals surface area contributed by atoms with Crippen LogP contribution in [-0.4, -0.2) is 32.1 Å². The largest absolute Gasteiger partial charge is 0.349 e. The molecule has 0 aliphatic carbocycles. The van der Waals surface area contributed by atoms with E-state index in [2.05, 4.69) is 0 Å². The second kappa shape index (κ2) is 6.37. The summed E-state index contributed by atoms with van der Waals surface area (Å²) in [4.78, 5) is 0. The van der Waals surface area contributed by atoms with Crippen molar-refractivity contribution >= 4 is 0 Å². The van der Waals surface area contributed by atoms with Crippen molar-refractivity contribution in [3.05, 3.63) is 0 Å². The third-order valence-corrected chi connectivity index (χ3v) is 1.65. The normalized spacial score (nSPS) is 12.0. The average Bonchev–Trinajstić information content (AvgIpc) is 2.06. The van der Waals surface area contributed by atoms with Gasteiger partial charge in [-0.05, 0) is 20.4 Å². The first-order valence-electron chi connectivity index (χ1n) is 4.42. The first kappa shape index (κ1) is 11.8. The molecule has 0 aromatic heterocycles. The van der Waals surface area contributed by atoms with E-state index < -0.39 is 5.79 Å². The molecule has 0 aliphatic heterocycles. The average molecular weight is 176 g/mol. The summed E-state index contributed by atoms with van der Waals surface area (Å²) in [6.45, 7) is 5.90. The van der Waals surface area contributed by atoms with Gasteiger partial charge in [0.1, 0.15) is 0 Å². The Balaban J connectivity index is 4.06. The zero-order valence-electron chi connectivity index (χ0n) is 8.01. The van der Waals surface area contributed by atoms with E-state index in [1.54, 1.807) is 0 Å². The van der Waals surface area contributed by atoms with Gasteiger partial charge in [-0.1, -0.05) is 0 Å². The quantitative estimate of drug-likeness (QED) is 0.538. The fourth-order valence-corrected chi connectivity index (χ4v) is 1.15. The maximum absolute atomic E-state index is 5.56. The molecule has 0 saturated carbocycles. The maximum atomic E-state index is 5.56. The number of hydrogen-bond acceptors (Lipinski definition) is 4. The van der Waals surface area contributed by atoms with Crippen LogP contribution >= 0.6 is 0 Å². The summed E-state index contributed by atoms with van der Waals surface area (Å²) in [6.07, 6.45) is 0.644. The lowest BCUT2D eigenvalue weighted by molar-refractivity contribution is -0.228. The molecule has 4 nitrogen and oxygen atoms in total. The standard InChI is InChI=1S/C8H20N2O2/c1-3-11-8(7-10,5-6-9)12-4-2/h3-7,9-10H2,1-2H3. The Morgan fingerprint density at radius 3 is 1.83 bits per heavy atom. The molecule has 0 atom stereocenters. The fourth-order valence-electron chi connectivity index (χ4n) is 1.15. The summed E-state index contributed by atoms with van der Waals surface area (Å²) in [5.41, 5.74) is 11.0. The van der Waals surface area contributed by atoms with Gasteiger partial charge in [-0.2, -0.15) is 0 Å². The van der Waals surface area contributed by atoms with Crippen molar-refractivity contribution in [1.29, 1.82) is 0 Å². The molecule has 0 bridgehead atoms. The van der Waals surface area contributed by atoms with Gasteiger partial charge in [0, 0.05) is 26.2 Å². The Hall–Kier alpha value is -0.160. The molecule has 74 valence electrons. The lowest BCUT2D eigenvalue weighted by atomic mass is 10.2. The third-order valence-electron chi connectivity index (χ3n) is 1.65. The van der Waals surface area contributed by atoms with Gasteiger partial charge in [0.05, 0.1) is 0 Å². The zero-order valence-corrected chi connectivity index (χ0v) is 8.01. The van der Waals surface area contributed by atoms with E-state index in [0.29, 0.717) is 32.7 Å². The number of ether oxygens (including phenoxy) is 2. The second-order valence-electron chi connectivity index (χ2n) is 2.52. The van der Waals surface area contributed by atoms with Gasteiger partial charge in [-0.15, -0.1) is 0 Å². The van der Waals surface area contributed by atoms with Crippen molar-refractivity contribution in [1.82, 2.24) is 0 Å². The summed E-state index contributed by atoms with van der Waals surface area (Å²) in [5, 5.41) is 0. The molecule has 0 aromatic rings. The number of hydrogen-bond donors (Lipinski definition) is 2. The molecule has 0 amide bonds. The first-order valence-corrected chi connectivity index (χ1v) is 4.42. The van der Waals surface area contributed by atoms with E-state index in [-0.39, 0.29) is 0 Å². The fraction of sp³-hybridized carbons (Fsp3) is 1.00. The van der Waals surface area contributed by atoms with Gasteiger partial charge in [0.25, 0.3) is 0 Å². The van der Waals surface area contributed by atoms with Crippen LogP contribution in [-0.2, 0) is 9.47 Å². The molecule has 0 rings (SSSR count). The summed E-state index contributed by atoms with van der Waals surface area (Å²) < 4.78 is 10.9. The van der Waals surface area contributed by atoms with Crippen LogP contribution in [0.25, 0.3) is 0 Å². The minimum absolute atomic E-state index is 0.353. The maximum Gasteiger partial charge on any atom is 0.181 e. The van der Waals surface area contributed by atoms with Gasteiger partial charge >= 0.3 is 0 Å². The monoisotopic (exact) mass is 176 g/mol. The van der Waals surface area contributed by atoms with Crippen molar-refractivity contribution in [2.24, 2.45) is 11.5 Å². The van der Waals surface area contributed by atoms with E-state index >= 15 is 0 Å². The molecule has 0 radical (unpaired) electrons. The van der Waals surface area contributed by atoms with E-state index in [0.717, 1.165) is 0 Å². The van der Waals surface area contributed by atoms with Gasteiger partial charge in [0.15, 0.2) is 5.79 Å². The Kier molecular flexibility index (Phi) is 6.28. The molecule has 0 unspecified atom stereocenters. The zero-order chi connectivity index (χ0) is 9.45. The molecule has 4 N–H and O–H groups in total. The Morgan fingerprint density at radius 2 is 1.58 bits per heavy atom. The SMILES string of the molecule is CCOC(CN)(CCN)OCC. The topological polar surface area (TPSA) is 70.5 Å². The van der Waals surface area contributed by atoms with Crippen LogP contribution in [0.15, 0.2) is 0 Å². The minimum Gasteiger partial charge on any atom is -0.349 e. The van der Waals surface area contributed by atoms with Crippen LogP contribution in [0.2, 0.25) is 0 Å². The van der Waals surface area contributed by atoms with Crippen LogP contribution in [0, 0.1) is 0 Å². The highest BCUT2D eigenvalue weighted by Crippen LogP contribution is 2.15. The number of rotatable bonds is 7. The van der Waals surface area contributed by atoms with Crippen molar-refractivity contribution in [2.75, 3.05) is 26.3 Å². The lowest BCUT2D eigenvalue weighted by Gasteiger charge is -2.31. The first-order chi connectivity index (χ1) is 5.74. The highest BCUT2D eigenvalue weighted by molar-refractivity contribution is 4.71. The predicted octanol–water partition coefficient (Wildman–Crippen LogP) is 0.0632. The highest BCUT2D eigenvalue weighted by Gasteiger charge is 2.28. The second-order valence-corrected chi connectivity index (χ2v) is 2.52. The van der Waals surface area contributed by atoms with Gasteiger partial charge in [0.2, 0.25) is 0 Å². The van der Waals surface area contributed by atoms with Crippen molar-refractivity contribution in [3.63, 3.8) is 0 Å². The van der Waals surface area contributed by atoms with Crippen LogP contribution in [0.4, 0.5) is 0 Å². The summed E-state index contributed by atoms with van der Waals surface area (Å²) >= 11 is 0. The smallest absolute Gasteiger partial charge is 0.181 e. The molecule has 0 spiro atoms. The summed E-state index contributed by atoms with van der Waals surface area (Å²) in [5.74, 6) is -0.655. The molecule has 0 heterocycles.